The Labute approximate surface area is 141 Å². The van der Waals surface area contributed by atoms with Crippen LogP contribution in [0, 0.1) is 11.7 Å². The number of rotatable bonds is 4. The maximum Gasteiger partial charge on any atom is 0.411 e. The molecule has 1 amide bonds. The van der Waals surface area contributed by atoms with Gasteiger partial charge in [0.2, 0.25) is 0 Å². The Morgan fingerprint density at radius 1 is 1.29 bits per heavy atom. The third kappa shape index (κ3) is 4.11. The molecule has 2 aromatic rings. The molecule has 1 aliphatic rings. The number of hydrogen-bond acceptors (Lipinski definition) is 3. The first kappa shape index (κ1) is 16.5. The molecule has 1 heterocycles. The Morgan fingerprint density at radius 2 is 2.08 bits per heavy atom. The monoisotopic (exact) mass is 328 g/mol. The van der Waals surface area contributed by atoms with Crippen LogP contribution < -0.4 is 5.32 Å². The van der Waals surface area contributed by atoms with Crippen molar-refractivity contribution in [2.24, 2.45) is 5.92 Å². The Hall–Kier alpha value is -2.40. The summed E-state index contributed by atoms with van der Waals surface area (Å²) in [4.78, 5) is 14.3. The summed E-state index contributed by atoms with van der Waals surface area (Å²) in [6, 6.07) is 13.7. The summed E-state index contributed by atoms with van der Waals surface area (Å²) >= 11 is 0. The quantitative estimate of drug-likeness (QED) is 0.922. The van der Waals surface area contributed by atoms with Crippen LogP contribution in [0.2, 0.25) is 0 Å². The SMILES string of the molecule is CN1CC[C@H](COC(=O)Nc2ccc(F)cc2-c2ccccc2)C1. The molecule has 1 atom stereocenters. The lowest BCUT2D eigenvalue weighted by Crippen LogP contribution is -2.21. The first-order valence-corrected chi connectivity index (χ1v) is 8.09. The van der Waals surface area contributed by atoms with Gasteiger partial charge in [0.15, 0.2) is 0 Å². The fraction of sp³-hybridized carbons (Fsp3) is 0.316. The molecule has 0 bridgehead atoms. The highest BCUT2D eigenvalue weighted by atomic mass is 19.1. The molecule has 1 saturated heterocycles. The van der Waals surface area contributed by atoms with E-state index in [1.54, 1.807) is 6.07 Å². The number of benzene rings is 2. The predicted molar refractivity (Wildman–Crippen MR) is 92.4 cm³/mol. The molecule has 1 aliphatic heterocycles. The van der Waals surface area contributed by atoms with Gasteiger partial charge < -0.3 is 9.64 Å². The molecule has 5 heteroatoms. The fourth-order valence-corrected chi connectivity index (χ4v) is 2.98. The molecule has 1 N–H and O–H groups in total. The highest BCUT2D eigenvalue weighted by Gasteiger charge is 2.21. The van der Waals surface area contributed by atoms with Crippen molar-refractivity contribution in [2.45, 2.75) is 6.42 Å². The maximum absolute atomic E-state index is 13.6. The number of hydrogen-bond donors (Lipinski definition) is 1. The number of ether oxygens (including phenoxy) is 1. The van der Waals surface area contributed by atoms with Gasteiger partial charge in [-0.05, 0) is 43.8 Å². The zero-order valence-corrected chi connectivity index (χ0v) is 13.7. The van der Waals surface area contributed by atoms with Gasteiger partial charge in [-0.15, -0.1) is 0 Å². The molecule has 0 aromatic heterocycles. The van der Waals surface area contributed by atoms with E-state index < -0.39 is 6.09 Å². The molecule has 1 fully saturated rings. The van der Waals surface area contributed by atoms with Crippen molar-refractivity contribution in [2.75, 3.05) is 32.1 Å². The van der Waals surface area contributed by atoms with Crippen molar-refractivity contribution < 1.29 is 13.9 Å². The third-order valence-electron chi connectivity index (χ3n) is 4.24. The standard InChI is InChI=1S/C19H21FN2O2/c1-22-10-9-14(12-22)13-24-19(23)21-18-8-7-16(20)11-17(18)15-5-3-2-4-6-15/h2-8,11,14H,9-10,12-13H2,1H3,(H,21,23)/t14-/m0/s1. The summed E-state index contributed by atoms with van der Waals surface area (Å²) in [5.74, 6) is 0.0318. The van der Waals surface area contributed by atoms with Crippen molar-refractivity contribution in [3.8, 4) is 11.1 Å². The molecule has 0 spiro atoms. The summed E-state index contributed by atoms with van der Waals surface area (Å²) in [5, 5.41) is 2.73. The number of nitrogens with one attached hydrogen (secondary N) is 1. The molecule has 3 rings (SSSR count). The predicted octanol–water partition coefficient (Wildman–Crippen LogP) is 3.99. The first-order valence-electron chi connectivity index (χ1n) is 8.09. The smallest absolute Gasteiger partial charge is 0.411 e. The van der Waals surface area contributed by atoms with Crippen LogP contribution in [-0.4, -0.2) is 37.7 Å². The van der Waals surface area contributed by atoms with E-state index in [-0.39, 0.29) is 5.82 Å². The zero-order valence-electron chi connectivity index (χ0n) is 13.7. The lowest BCUT2D eigenvalue weighted by atomic mass is 10.0. The average molecular weight is 328 g/mol. The molecule has 0 unspecified atom stereocenters. The van der Waals surface area contributed by atoms with E-state index in [1.807, 2.05) is 30.3 Å². The van der Waals surface area contributed by atoms with E-state index in [1.165, 1.54) is 12.1 Å². The maximum atomic E-state index is 13.6. The third-order valence-corrected chi connectivity index (χ3v) is 4.24. The van der Waals surface area contributed by atoms with Crippen LogP contribution in [0.5, 0.6) is 0 Å². The minimum Gasteiger partial charge on any atom is -0.449 e. The van der Waals surface area contributed by atoms with Crippen LogP contribution in [0.25, 0.3) is 11.1 Å². The van der Waals surface area contributed by atoms with Gasteiger partial charge in [0.05, 0.1) is 12.3 Å². The number of carbonyl (C=O) groups is 1. The number of halogens is 1. The van der Waals surface area contributed by atoms with Crippen molar-refractivity contribution in [1.29, 1.82) is 0 Å². The zero-order chi connectivity index (χ0) is 16.9. The highest BCUT2D eigenvalue weighted by Crippen LogP contribution is 2.29. The van der Waals surface area contributed by atoms with Crippen LogP contribution in [-0.2, 0) is 4.74 Å². The van der Waals surface area contributed by atoms with Crippen molar-refractivity contribution in [3.63, 3.8) is 0 Å². The number of likely N-dealkylation sites (tertiary alicyclic amines) is 1. The Morgan fingerprint density at radius 3 is 2.79 bits per heavy atom. The summed E-state index contributed by atoms with van der Waals surface area (Å²) in [7, 11) is 2.06. The van der Waals surface area contributed by atoms with Gasteiger partial charge in [0.1, 0.15) is 5.82 Å². The fourth-order valence-electron chi connectivity index (χ4n) is 2.98. The van der Waals surface area contributed by atoms with Crippen LogP contribution in [0.3, 0.4) is 0 Å². The average Bonchev–Trinajstić information content (AvgIpc) is 3.01. The molecule has 2 aromatic carbocycles. The van der Waals surface area contributed by atoms with Gasteiger partial charge in [-0.2, -0.15) is 0 Å². The Bertz CT molecular complexity index is 706. The molecule has 126 valence electrons. The summed E-state index contributed by atoms with van der Waals surface area (Å²) < 4.78 is 18.9. The van der Waals surface area contributed by atoms with Gasteiger partial charge in [-0.25, -0.2) is 9.18 Å². The van der Waals surface area contributed by atoms with Gasteiger partial charge in [0.25, 0.3) is 0 Å². The van der Waals surface area contributed by atoms with Crippen molar-refractivity contribution in [1.82, 2.24) is 4.90 Å². The van der Waals surface area contributed by atoms with Crippen LogP contribution in [0.1, 0.15) is 6.42 Å². The number of carbonyl (C=O) groups excluding carboxylic acids is 1. The highest BCUT2D eigenvalue weighted by molar-refractivity contribution is 5.91. The minimum absolute atomic E-state index is 0.346. The summed E-state index contributed by atoms with van der Waals surface area (Å²) in [6.45, 7) is 2.38. The first-order chi connectivity index (χ1) is 11.6. The minimum atomic E-state index is -0.506. The topological polar surface area (TPSA) is 41.6 Å². The molecule has 4 nitrogen and oxygen atoms in total. The number of amides is 1. The molecular formula is C19H21FN2O2. The van der Waals surface area contributed by atoms with Crippen molar-refractivity contribution in [3.05, 3.63) is 54.3 Å². The second-order valence-corrected chi connectivity index (χ2v) is 6.20. The van der Waals surface area contributed by atoms with E-state index in [4.69, 9.17) is 4.74 Å². The van der Waals surface area contributed by atoms with E-state index in [0.717, 1.165) is 25.1 Å². The molecule has 0 aliphatic carbocycles. The molecule has 24 heavy (non-hydrogen) atoms. The summed E-state index contributed by atoms with van der Waals surface area (Å²) in [6.07, 6.45) is 0.531. The van der Waals surface area contributed by atoms with Crippen LogP contribution >= 0.6 is 0 Å². The number of nitrogens with zero attached hydrogens (tertiary/aromatic N) is 1. The van der Waals surface area contributed by atoms with E-state index in [2.05, 4.69) is 17.3 Å². The molecule has 0 saturated carbocycles. The van der Waals surface area contributed by atoms with E-state index >= 15 is 0 Å². The largest absolute Gasteiger partial charge is 0.449 e. The Balaban J connectivity index is 1.67. The lowest BCUT2D eigenvalue weighted by Gasteiger charge is -2.14. The molecular weight excluding hydrogens is 307 g/mol. The summed E-state index contributed by atoms with van der Waals surface area (Å²) in [5.41, 5.74) is 2.01. The van der Waals surface area contributed by atoms with Gasteiger partial charge in [-0.1, -0.05) is 30.3 Å². The second kappa shape index (κ2) is 7.45. The van der Waals surface area contributed by atoms with Gasteiger partial charge >= 0.3 is 6.09 Å². The van der Waals surface area contributed by atoms with Gasteiger partial charge in [0, 0.05) is 18.0 Å². The normalized spacial score (nSPS) is 17.7. The van der Waals surface area contributed by atoms with Crippen LogP contribution in [0.15, 0.2) is 48.5 Å². The van der Waals surface area contributed by atoms with Crippen LogP contribution in [0.4, 0.5) is 14.9 Å². The number of anilines is 1. The van der Waals surface area contributed by atoms with Gasteiger partial charge in [-0.3, -0.25) is 5.32 Å². The van der Waals surface area contributed by atoms with E-state index in [0.29, 0.717) is 23.8 Å². The lowest BCUT2D eigenvalue weighted by molar-refractivity contribution is 0.142. The molecule has 0 radical (unpaired) electrons. The van der Waals surface area contributed by atoms with Crippen molar-refractivity contribution >= 4 is 11.8 Å². The Kier molecular flexibility index (Phi) is 5.11. The van der Waals surface area contributed by atoms with E-state index in [9.17, 15) is 9.18 Å². The second-order valence-electron chi connectivity index (χ2n) is 6.20.